The van der Waals surface area contributed by atoms with E-state index in [1.165, 1.54) is 45.3 Å². The second-order valence-electron chi connectivity index (χ2n) is 4.47. The van der Waals surface area contributed by atoms with Crippen LogP contribution in [0.2, 0.25) is 0 Å². The minimum Gasteiger partial charge on any atom is -0.152 e. The second-order valence-corrected chi connectivity index (χ2v) is 6.59. The van der Waals surface area contributed by atoms with Crippen LogP contribution >= 0.6 is 23.5 Å². The van der Waals surface area contributed by atoms with E-state index in [2.05, 4.69) is 48.5 Å². The highest BCUT2D eigenvalue weighted by molar-refractivity contribution is 7.99. The molecule has 0 atom stereocenters. The Kier molecular flexibility index (Phi) is 3.96. The molecule has 0 amide bonds. The summed E-state index contributed by atoms with van der Waals surface area (Å²) in [6.07, 6.45) is 1.26. The van der Waals surface area contributed by atoms with Gasteiger partial charge < -0.3 is 0 Å². The van der Waals surface area contributed by atoms with Gasteiger partial charge in [0.05, 0.1) is 0 Å². The molecule has 0 nitrogen and oxygen atoms in total. The number of benzene rings is 2. The third-order valence-corrected chi connectivity index (χ3v) is 5.38. The number of thioether (sulfide) groups is 2. The summed E-state index contributed by atoms with van der Waals surface area (Å²) < 4.78 is 0. The van der Waals surface area contributed by atoms with Crippen LogP contribution in [-0.4, -0.2) is 5.75 Å². The van der Waals surface area contributed by atoms with Gasteiger partial charge >= 0.3 is 0 Å². The van der Waals surface area contributed by atoms with Crippen molar-refractivity contribution in [2.75, 3.05) is 5.75 Å². The van der Waals surface area contributed by atoms with Crippen LogP contribution in [0.25, 0.3) is 0 Å². The molecule has 2 aromatic carbocycles. The summed E-state index contributed by atoms with van der Waals surface area (Å²) in [5.41, 5.74) is 4.59. The third kappa shape index (κ3) is 2.76. The monoisotopic (exact) mass is 272 g/mol. The molecule has 4 rings (SSSR count). The molecular formula is C16H16S2. The maximum atomic E-state index is 2.22. The van der Waals surface area contributed by atoms with E-state index in [1.807, 2.05) is 23.5 Å². The fraction of sp³-hybridized carbons (Fsp3) is 0.250. The number of hydrogen-bond donors (Lipinski definition) is 0. The van der Waals surface area contributed by atoms with Gasteiger partial charge in [0.15, 0.2) is 0 Å². The van der Waals surface area contributed by atoms with Crippen LogP contribution in [0, 0.1) is 0 Å². The average molecular weight is 272 g/mol. The maximum absolute atomic E-state index is 2.22. The zero-order chi connectivity index (χ0) is 12.2. The summed E-state index contributed by atoms with van der Waals surface area (Å²) in [5.74, 6) is 3.71. The molecular weight excluding hydrogens is 256 g/mol. The van der Waals surface area contributed by atoms with Gasteiger partial charge in [-0.2, -0.15) is 11.8 Å². The Balaban J connectivity index is 0.000000111. The van der Waals surface area contributed by atoms with Gasteiger partial charge in [-0.1, -0.05) is 42.5 Å². The normalized spacial score (nSPS) is 15.6. The first-order chi connectivity index (χ1) is 8.93. The van der Waals surface area contributed by atoms with Gasteiger partial charge in [-0.25, -0.2) is 0 Å². The summed E-state index contributed by atoms with van der Waals surface area (Å²) in [4.78, 5) is 1.48. The zero-order valence-electron chi connectivity index (χ0n) is 10.3. The van der Waals surface area contributed by atoms with Gasteiger partial charge in [0, 0.05) is 22.2 Å². The molecule has 0 aliphatic carbocycles. The predicted molar refractivity (Wildman–Crippen MR) is 82.3 cm³/mol. The summed E-state index contributed by atoms with van der Waals surface area (Å²) in [6.45, 7) is 0. The number of aryl methyl sites for hydroxylation is 1. The quantitative estimate of drug-likeness (QED) is 0.677. The van der Waals surface area contributed by atoms with Crippen LogP contribution in [0.3, 0.4) is 0 Å². The van der Waals surface area contributed by atoms with Crippen molar-refractivity contribution >= 4 is 23.5 Å². The molecule has 0 saturated heterocycles. The molecule has 0 aromatic heterocycles. The lowest BCUT2D eigenvalue weighted by Crippen LogP contribution is -1.77. The van der Waals surface area contributed by atoms with Crippen molar-refractivity contribution in [1.82, 2.24) is 0 Å². The Morgan fingerprint density at radius 1 is 0.722 bits per heavy atom. The van der Waals surface area contributed by atoms with Gasteiger partial charge in [0.1, 0.15) is 0 Å². The van der Waals surface area contributed by atoms with E-state index in [4.69, 9.17) is 0 Å². The van der Waals surface area contributed by atoms with Crippen molar-refractivity contribution in [3.05, 3.63) is 65.2 Å². The van der Waals surface area contributed by atoms with Crippen molar-refractivity contribution in [2.45, 2.75) is 22.8 Å². The second kappa shape index (κ2) is 5.85. The largest absolute Gasteiger partial charge is 0.152 e. The van der Waals surface area contributed by atoms with Crippen molar-refractivity contribution in [1.29, 1.82) is 0 Å². The van der Waals surface area contributed by atoms with Gasteiger partial charge in [-0.15, -0.1) is 11.8 Å². The van der Waals surface area contributed by atoms with Crippen LogP contribution in [0.15, 0.2) is 53.4 Å². The first kappa shape index (κ1) is 12.2. The summed E-state index contributed by atoms with van der Waals surface area (Å²) in [5, 5.41) is 0. The van der Waals surface area contributed by atoms with Crippen molar-refractivity contribution in [2.24, 2.45) is 0 Å². The van der Waals surface area contributed by atoms with E-state index < -0.39 is 0 Å². The fourth-order valence-corrected chi connectivity index (χ4v) is 4.41. The lowest BCUT2D eigenvalue weighted by atomic mass is 10.1. The van der Waals surface area contributed by atoms with Gasteiger partial charge in [0.2, 0.25) is 0 Å². The number of rotatable bonds is 0. The van der Waals surface area contributed by atoms with Crippen LogP contribution in [0.4, 0.5) is 0 Å². The molecule has 0 fully saturated rings. The highest BCUT2D eigenvalue weighted by Crippen LogP contribution is 2.30. The average Bonchev–Trinajstić information content (AvgIpc) is 3.08. The summed E-state index contributed by atoms with van der Waals surface area (Å²) in [6, 6.07) is 17.3. The van der Waals surface area contributed by atoms with E-state index in [-0.39, 0.29) is 0 Å². The van der Waals surface area contributed by atoms with Crippen LogP contribution in [-0.2, 0) is 17.9 Å². The van der Waals surface area contributed by atoms with Crippen molar-refractivity contribution in [3.8, 4) is 0 Å². The van der Waals surface area contributed by atoms with Crippen LogP contribution in [0.5, 0.6) is 0 Å². The number of fused-ring (bicyclic) bond motifs is 2. The molecule has 2 aliphatic heterocycles. The predicted octanol–water partition coefficient (Wildman–Crippen LogP) is 4.77. The van der Waals surface area contributed by atoms with Gasteiger partial charge in [-0.05, 0) is 29.2 Å². The SMILES string of the molecule is c1ccc2c(c1)CCS2.c1ccc2c(c1)CSC2. The van der Waals surface area contributed by atoms with Crippen molar-refractivity contribution in [3.63, 3.8) is 0 Å². The fourth-order valence-electron chi connectivity index (χ4n) is 2.23. The lowest BCUT2D eigenvalue weighted by Gasteiger charge is -1.92. The highest BCUT2D eigenvalue weighted by atomic mass is 32.2. The van der Waals surface area contributed by atoms with Crippen LogP contribution in [0.1, 0.15) is 16.7 Å². The zero-order valence-corrected chi connectivity index (χ0v) is 11.9. The van der Waals surface area contributed by atoms with E-state index in [1.54, 1.807) is 0 Å². The van der Waals surface area contributed by atoms with E-state index in [0.717, 1.165) is 0 Å². The first-order valence-electron chi connectivity index (χ1n) is 6.29. The van der Waals surface area contributed by atoms with E-state index >= 15 is 0 Å². The van der Waals surface area contributed by atoms with E-state index in [0.29, 0.717) is 0 Å². The molecule has 2 heterocycles. The van der Waals surface area contributed by atoms with Crippen LogP contribution < -0.4 is 0 Å². The molecule has 0 radical (unpaired) electrons. The first-order valence-corrected chi connectivity index (χ1v) is 8.43. The van der Waals surface area contributed by atoms with Gasteiger partial charge in [0.25, 0.3) is 0 Å². The topological polar surface area (TPSA) is 0 Å². The molecule has 0 N–H and O–H groups in total. The molecule has 2 heteroatoms. The molecule has 0 spiro atoms. The molecule has 2 aromatic rings. The van der Waals surface area contributed by atoms with Gasteiger partial charge in [-0.3, -0.25) is 0 Å². The molecule has 92 valence electrons. The minimum absolute atomic E-state index is 1.22. The third-order valence-electron chi connectivity index (χ3n) is 3.24. The van der Waals surface area contributed by atoms with Crippen molar-refractivity contribution < 1.29 is 0 Å². The molecule has 18 heavy (non-hydrogen) atoms. The summed E-state index contributed by atoms with van der Waals surface area (Å²) >= 11 is 3.97. The van der Waals surface area contributed by atoms with E-state index in [9.17, 15) is 0 Å². The maximum Gasteiger partial charge on any atom is 0.0190 e. The highest BCUT2D eigenvalue weighted by Gasteiger charge is 2.08. The Morgan fingerprint density at radius 3 is 2.00 bits per heavy atom. The Morgan fingerprint density at radius 2 is 1.33 bits per heavy atom. The molecule has 0 saturated carbocycles. The Bertz CT molecular complexity index is 439. The smallest absolute Gasteiger partial charge is 0.0190 e. The number of hydrogen-bond acceptors (Lipinski definition) is 2. The summed E-state index contributed by atoms with van der Waals surface area (Å²) in [7, 11) is 0. The standard InChI is InChI=1S/2C8H8S/c1-2-4-8-6-9-5-7(8)3-1;1-2-4-8-7(3-1)5-6-9-8/h2*1-4H,5-6H2. The Hall–Kier alpha value is -0.860. The Labute approximate surface area is 117 Å². The minimum atomic E-state index is 1.22. The molecule has 0 unspecified atom stereocenters. The molecule has 2 aliphatic rings. The lowest BCUT2D eigenvalue weighted by molar-refractivity contribution is 1.15. The molecule has 0 bridgehead atoms.